The van der Waals surface area contributed by atoms with E-state index in [1.807, 2.05) is 0 Å². The second-order valence-corrected chi connectivity index (χ2v) is 5.22. The van der Waals surface area contributed by atoms with Crippen molar-refractivity contribution < 1.29 is 18.4 Å². The van der Waals surface area contributed by atoms with Crippen LogP contribution < -0.4 is 10.6 Å². The largest absolute Gasteiger partial charge is 0.322 e. The molecule has 120 valence electrons. The van der Waals surface area contributed by atoms with E-state index in [1.54, 1.807) is 31.2 Å². The summed E-state index contributed by atoms with van der Waals surface area (Å²) in [5.74, 6) is -1.72. The Morgan fingerprint density at radius 2 is 1.83 bits per heavy atom. The number of carbonyl (C=O) groups is 2. The molecule has 0 aliphatic rings. The van der Waals surface area contributed by atoms with Gasteiger partial charge in [0.15, 0.2) is 0 Å². The van der Waals surface area contributed by atoms with Crippen LogP contribution >= 0.6 is 11.6 Å². The fraction of sp³-hybridized carbons (Fsp3) is 0.125. The fourth-order valence-electron chi connectivity index (χ4n) is 1.90. The third-order valence-electron chi connectivity index (χ3n) is 3.03. The monoisotopic (exact) mass is 338 g/mol. The highest BCUT2D eigenvalue weighted by Gasteiger charge is 2.16. The number of benzene rings is 2. The number of hydrogen-bond donors (Lipinski definition) is 2. The molecule has 0 spiro atoms. The zero-order valence-electron chi connectivity index (χ0n) is 12.1. The zero-order valence-corrected chi connectivity index (χ0v) is 12.8. The predicted octanol–water partition coefficient (Wildman–Crippen LogP) is 4.10. The summed E-state index contributed by atoms with van der Waals surface area (Å²) in [5.41, 5.74) is 1.67. The van der Waals surface area contributed by atoms with Crippen molar-refractivity contribution in [1.82, 2.24) is 0 Å². The maximum absolute atomic E-state index is 12.2. The van der Waals surface area contributed by atoms with E-state index in [-0.39, 0.29) is 11.6 Å². The Balaban J connectivity index is 2.11. The molecular weight excluding hydrogens is 326 g/mol. The topological polar surface area (TPSA) is 58.2 Å². The van der Waals surface area contributed by atoms with Gasteiger partial charge in [-0.1, -0.05) is 17.7 Å². The van der Waals surface area contributed by atoms with Crippen LogP contribution in [-0.4, -0.2) is 18.2 Å². The summed E-state index contributed by atoms with van der Waals surface area (Å²) in [6.07, 6.45) is -3.09. The van der Waals surface area contributed by atoms with Crippen LogP contribution in [-0.2, 0) is 4.79 Å². The van der Waals surface area contributed by atoms with Crippen molar-refractivity contribution in [2.75, 3.05) is 10.6 Å². The minimum Gasteiger partial charge on any atom is -0.322 e. The van der Waals surface area contributed by atoms with Gasteiger partial charge >= 0.3 is 6.43 Å². The van der Waals surface area contributed by atoms with E-state index < -0.39 is 12.3 Å². The number of carbonyl (C=O) groups excluding carboxylic acids is 2. The third kappa shape index (κ3) is 4.50. The molecule has 2 aromatic rings. The van der Waals surface area contributed by atoms with Gasteiger partial charge in [0.25, 0.3) is 11.8 Å². The molecule has 0 heterocycles. The molecule has 2 rings (SSSR count). The summed E-state index contributed by atoms with van der Waals surface area (Å²) in [6, 6.07) is 11.0. The maximum Gasteiger partial charge on any atom is 0.315 e. The quantitative estimate of drug-likeness (QED) is 0.881. The average molecular weight is 339 g/mol. The minimum absolute atomic E-state index is 0.260. The lowest BCUT2D eigenvalue weighted by atomic mass is 10.1. The molecule has 0 atom stereocenters. The van der Waals surface area contributed by atoms with Crippen LogP contribution in [0.5, 0.6) is 0 Å². The normalized spacial score (nSPS) is 10.5. The molecule has 0 fully saturated rings. The molecule has 0 aliphatic carbocycles. The minimum atomic E-state index is -3.09. The molecule has 2 N–H and O–H groups in total. The van der Waals surface area contributed by atoms with Gasteiger partial charge in [0, 0.05) is 22.0 Å². The Bertz CT molecular complexity index is 751. The molecule has 7 heteroatoms. The highest BCUT2D eigenvalue weighted by molar-refractivity contribution is 6.31. The molecule has 4 nitrogen and oxygen atoms in total. The second kappa shape index (κ2) is 7.19. The zero-order chi connectivity index (χ0) is 17.0. The van der Waals surface area contributed by atoms with Gasteiger partial charge in [0.05, 0.1) is 0 Å². The van der Waals surface area contributed by atoms with Crippen molar-refractivity contribution in [2.24, 2.45) is 0 Å². The maximum atomic E-state index is 12.2. The molecule has 2 aromatic carbocycles. The van der Waals surface area contributed by atoms with Crippen LogP contribution in [0.1, 0.15) is 15.9 Å². The Labute approximate surface area is 136 Å². The van der Waals surface area contributed by atoms with Crippen LogP contribution in [0, 0.1) is 6.92 Å². The first kappa shape index (κ1) is 16.9. The van der Waals surface area contributed by atoms with Gasteiger partial charge in [-0.2, -0.15) is 8.78 Å². The van der Waals surface area contributed by atoms with Crippen molar-refractivity contribution in [2.45, 2.75) is 13.3 Å². The Kier molecular flexibility index (Phi) is 5.28. The van der Waals surface area contributed by atoms with Gasteiger partial charge in [-0.05, 0) is 48.9 Å². The molecule has 0 aromatic heterocycles. The Morgan fingerprint density at radius 1 is 1.09 bits per heavy atom. The fourth-order valence-corrected chi connectivity index (χ4v) is 2.09. The molecule has 0 saturated heterocycles. The Morgan fingerprint density at radius 3 is 2.43 bits per heavy atom. The SMILES string of the molecule is Cc1cc(NC(=O)c2cccc(Cl)c2)ccc1NC(=O)C(F)F. The first-order valence-corrected chi connectivity index (χ1v) is 7.01. The van der Waals surface area contributed by atoms with E-state index in [0.717, 1.165) is 0 Å². The molecule has 0 aliphatic heterocycles. The van der Waals surface area contributed by atoms with Gasteiger partial charge in [-0.25, -0.2) is 0 Å². The summed E-state index contributed by atoms with van der Waals surface area (Å²) < 4.78 is 24.5. The third-order valence-corrected chi connectivity index (χ3v) is 3.26. The summed E-state index contributed by atoms with van der Waals surface area (Å²) in [5, 5.41) is 5.22. The lowest BCUT2D eigenvalue weighted by molar-refractivity contribution is -0.126. The van der Waals surface area contributed by atoms with E-state index >= 15 is 0 Å². The number of aryl methyl sites for hydroxylation is 1. The number of hydrogen-bond acceptors (Lipinski definition) is 2. The molecule has 0 saturated carbocycles. The number of nitrogens with one attached hydrogen (secondary N) is 2. The average Bonchev–Trinajstić information content (AvgIpc) is 2.49. The van der Waals surface area contributed by atoms with Gasteiger partial charge < -0.3 is 10.6 Å². The smallest absolute Gasteiger partial charge is 0.315 e. The first-order chi connectivity index (χ1) is 10.9. The number of rotatable bonds is 4. The predicted molar refractivity (Wildman–Crippen MR) is 85.2 cm³/mol. The van der Waals surface area contributed by atoms with E-state index in [2.05, 4.69) is 10.6 Å². The number of halogens is 3. The van der Waals surface area contributed by atoms with Gasteiger partial charge in [0.2, 0.25) is 0 Å². The van der Waals surface area contributed by atoms with Crippen LogP contribution in [0.2, 0.25) is 5.02 Å². The van der Waals surface area contributed by atoms with E-state index in [1.165, 1.54) is 18.2 Å². The molecule has 0 radical (unpaired) electrons. The summed E-state index contributed by atoms with van der Waals surface area (Å²) in [4.78, 5) is 23.1. The number of amides is 2. The van der Waals surface area contributed by atoms with Crippen molar-refractivity contribution in [1.29, 1.82) is 0 Å². The highest BCUT2D eigenvalue weighted by Crippen LogP contribution is 2.21. The Hall–Kier alpha value is -2.47. The summed E-state index contributed by atoms with van der Waals surface area (Å²) in [7, 11) is 0. The van der Waals surface area contributed by atoms with E-state index in [0.29, 0.717) is 21.8 Å². The molecule has 0 unspecified atom stereocenters. The van der Waals surface area contributed by atoms with Gasteiger partial charge in [0.1, 0.15) is 0 Å². The second-order valence-electron chi connectivity index (χ2n) is 4.78. The van der Waals surface area contributed by atoms with Crippen molar-refractivity contribution in [3.63, 3.8) is 0 Å². The van der Waals surface area contributed by atoms with Crippen LogP contribution in [0.4, 0.5) is 20.2 Å². The highest BCUT2D eigenvalue weighted by atomic mass is 35.5. The first-order valence-electron chi connectivity index (χ1n) is 6.63. The van der Waals surface area contributed by atoms with E-state index in [9.17, 15) is 18.4 Å². The van der Waals surface area contributed by atoms with Gasteiger partial charge in [-0.3, -0.25) is 9.59 Å². The molecular formula is C16H13ClF2N2O2. The molecule has 2 amide bonds. The lowest BCUT2D eigenvalue weighted by Crippen LogP contribution is -2.20. The molecule has 0 bridgehead atoms. The van der Waals surface area contributed by atoms with E-state index in [4.69, 9.17) is 11.6 Å². The van der Waals surface area contributed by atoms with Crippen molar-refractivity contribution in [3.8, 4) is 0 Å². The number of alkyl halides is 2. The van der Waals surface area contributed by atoms with Crippen molar-refractivity contribution >= 4 is 34.8 Å². The van der Waals surface area contributed by atoms with Crippen LogP contribution in [0.3, 0.4) is 0 Å². The molecule has 23 heavy (non-hydrogen) atoms. The van der Waals surface area contributed by atoms with Crippen LogP contribution in [0.15, 0.2) is 42.5 Å². The standard InChI is InChI=1S/C16H13ClF2N2O2/c1-9-7-12(5-6-13(9)21-16(23)14(18)19)20-15(22)10-3-2-4-11(17)8-10/h2-8,14H,1H3,(H,20,22)(H,21,23). The summed E-state index contributed by atoms with van der Waals surface area (Å²) >= 11 is 5.83. The van der Waals surface area contributed by atoms with Gasteiger partial charge in [-0.15, -0.1) is 0 Å². The van der Waals surface area contributed by atoms with Crippen LogP contribution in [0.25, 0.3) is 0 Å². The lowest BCUT2D eigenvalue weighted by Gasteiger charge is -2.11. The van der Waals surface area contributed by atoms with Crippen molar-refractivity contribution in [3.05, 3.63) is 58.6 Å². The number of anilines is 2. The summed E-state index contributed by atoms with van der Waals surface area (Å²) in [6.45, 7) is 1.64.